The van der Waals surface area contributed by atoms with E-state index in [9.17, 15) is 5.11 Å². The van der Waals surface area contributed by atoms with Gasteiger partial charge in [-0.25, -0.2) is 0 Å². The molecule has 0 radical (unpaired) electrons. The van der Waals surface area contributed by atoms with Gasteiger partial charge < -0.3 is 28.8 Å². The maximum absolute atomic E-state index is 12.5. The molecule has 0 saturated carbocycles. The second-order valence-electron chi connectivity index (χ2n) is 8.96. The van der Waals surface area contributed by atoms with Crippen molar-refractivity contribution in [2.24, 2.45) is 0 Å². The number of ether oxygens (including phenoxy) is 5. The van der Waals surface area contributed by atoms with Crippen molar-refractivity contribution < 1.29 is 28.8 Å². The Hall–Kier alpha value is -4.10. The van der Waals surface area contributed by atoms with E-state index in [1.807, 2.05) is 91.0 Å². The highest BCUT2D eigenvalue weighted by Crippen LogP contribution is 2.53. The average molecular weight is 495 g/mol. The SMILES string of the molecule is COCOc1ccc2cc3c(cc2c1)Oc1c(ccc2cc(OCOC)ccc12)C3(O)c1ccccc1. The van der Waals surface area contributed by atoms with E-state index >= 15 is 0 Å². The van der Waals surface area contributed by atoms with Crippen LogP contribution in [-0.2, 0) is 15.1 Å². The minimum atomic E-state index is -1.41. The molecule has 0 saturated heterocycles. The van der Waals surface area contributed by atoms with Crippen molar-refractivity contribution >= 4 is 21.5 Å². The Morgan fingerprint density at radius 2 is 1.35 bits per heavy atom. The first kappa shape index (κ1) is 23.3. The molecule has 5 aromatic carbocycles. The second kappa shape index (κ2) is 9.41. The molecular formula is C31H26O6. The zero-order valence-corrected chi connectivity index (χ0v) is 20.6. The summed E-state index contributed by atoms with van der Waals surface area (Å²) in [5, 5.41) is 16.2. The summed E-state index contributed by atoms with van der Waals surface area (Å²) in [6.07, 6.45) is 0. The topological polar surface area (TPSA) is 66.4 Å². The summed E-state index contributed by atoms with van der Waals surface area (Å²) in [4.78, 5) is 0. The van der Waals surface area contributed by atoms with Crippen molar-refractivity contribution in [3.63, 3.8) is 0 Å². The molecule has 1 atom stereocenters. The Morgan fingerprint density at radius 3 is 2.08 bits per heavy atom. The Balaban J connectivity index is 1.56. The van der Waals surface area contributed by atoms with Crippen LogP contribution >= 0.6 is 0 Å². The van der Waals surface area contributed by atoms with Crippen molar-refractivity contribution in [3.05, 3.63) is 108 Å². The fourth-order valence-electron chi connectivity index (χ4n) is 4.98. The number of hydrogen-bond acceptors (Lipinski definition) is 6. The summed E-state index contributed by atoms with van der Waals surface area (Å²) in [7, 11) is 3.17. The van der Waals surface area contributed by atoms with Crippen LogP contribution in [0.25, 0.3) is 21.5 Å². The summed E-state index contributed by atoms with van der Waals surface area (Å²) >= 11 is 0. The van der Waals surface area contributed by atoms with Crippen molar-refractivity contribution in [2.45, 2.75) is 5.60 Å². The molecule has 6 nitrogen and oxygen atoms in total. The van der Waals surface area contributed by atoms with Gasteiger partial charge >= 0.3 is 0 Å². The van der Waals surface area contributed by atoms with E-state index in [2.05, 4.69) is 0 Å². The highest BCUT2D eigenvalue weighted by Gasteiger charge is 2.43. The van der Waals surface area contributed by atoms with Crippen LogP contribution in [-0.4, -0.2) is 32.9 Å². The molecule has 0 aromatic heterocycles. The van der Waals surface area contributed by atoms with Gasteiger partial charge in [0.05, 0.1) is 0 Å². The van der Waals surface area contributed by atoms with E-state index in [0.29, 0.717) is 34.1 Å². The highest BCUT2D eigenvalue weighted by molar-refractivity contribution is 5.94. The predicted octanol–water partition coefficient (Wildman–Crippen LogP) is 6.35. The number of methoxy groups -OCH3 is 2. The fourth-order valence-corrected chi connectivity index (χ4v) is 4.98. The maximum Gasteiger partial charge on any atom is 0.188 e. The highest BCUT2D eigenvalue weighted by atomic mass is 16.7. The molecule has 6 heteroatoms. The number of aliphatic hydroxyl groups is 1. The molecular weight excluding hydrogens is 468 g/mol. The number of fused-ring (bicyclic) bond motifs is 5. The molecule has 37 heavy (non-hydrogen) atoms. The third-order valence-corrected chi connectivity index (χ3v) is 6.72. The van der Waals surface area contributed by atoms with Crippen molar-refractivity contribution in [1.29, 1.82) is 0 Å². The van der Waals surface area contributed by atoms with Gasteiger partial charge in [0.1, 0.15) is 28.6 Å². The Morgan fingerprint density at radius 1 is 0.676 bits per heavy atom. The molecule has 0 bridgehead atoms. The van der Waals surface area contributed by atoms with Gasteiger partial charge in [-0.2, -0.15) is 0 Å². The zero-order chi connectivity index (χ0) is 25.4. The maximum atomic E-state index is 12.5. The van der Waals surface area contributed by atoms with Gasteiger partial charge in [-0.1, -0.05) is 48.5 Å². The monoisotopic (exact) mass is 494 g/mol. The molecule has 5 aromatic rings. The van der Waals surface area contributed by atoms with E-state index in [0.717, 1.165) is 27.1 Å². The molecule has 0 amide bonds. The quantitative estimate of drug-likeness (QED) is 0.266. The van der Waals surface area contributed by atoms with Crippen LogP contribution in [0.4, 0.5) is 0 Å². The van der Waals surface area contributed by atoms with Gasteiger partial charge in [0, 0.05) is 30.7 Å². The summed E-state index contributed by atoms with van der Waals surface area (Å²) in [6.45, 7) is 0.327. The first-order valence-corrected chi connectivity index (χ1v) is 12.0. The first-order chi connectivity index (χ1) is 18.1. The van der Waals surface area contributed by atoms with E-state index in [-0.39, 0.29) is 13.6 Å². The predicted molar refractivity (Wildman–Crippen MR) is 142 cm³/mol. The van der Waals surface area contributed by atoms with Crippen LogP contribution in [0, 0.1) is 0 Å². The smallest absolute Gasteiger partial charge is 0.188 e. The van der Waals surface area contributed by atoms with Crippen LogP contribution < -0.4 is 14.2 Å². The summed E-state index contributed by atoms with van der Waals surface area (Å²) in [5.74, 6) is 2.58. The summed E-state index contributed by atoms with van der Waals surface area (Å²) < 4.78 is 27.9. The van der Waals surface area contributed by atoms with Crippen LogP contribution in [0.5, 0.6) is 23.0 Å². The molecule has 1 aliphatic rings. The van der Waals surface area contributed by atoms with Crippen molar-refractivity contribution in [3.8, 4) is 23.0 Å². The van der Waals surface area contributed by atoms with Gasteiger partial charge in [-0.05, 0) is 64.2 Å². The zero-order valence-electron chi connectivity index (χ0n) is 20.6. The van der Waals surface area contributed by atoms with E-state index < -0.39 is 5.60 Å². The van der Waals surface area contributed by atoms with Crippen LogP contribution in [0.3, 0.4) is 0 Å². The van der Waals surface area contributed by atoms with Gasteiger partial charge in [0.15, 0.2) is 13.6 Å². The number of benzene rings is 5. The molecule has 0 aliphatic carbocycles. The Bertz CT molecular complexity index is 1590. The third-order valence-electron chi connectivity index (χ3n) is 6.72. The Kier molecular flexibility index (Phi) is 5.93. The average Bonchev–Trinajstić information content (AvgIpc) is 2.94. The lowest BCUT2D eigenvalue weighted by molar-refractivity contribution is 0.0510. The minimum absolute atomic E-state index is 0.163. The van der Waals surface area contributed by atoms with Gasteiger partial charge in [-0.3, -0.25) is 0 Å². The number of hydrogen-bond donors (Lipinski definition) is 1. The van der Waals surface area contributed by atoms with Crippen LogP contribution in [0.2, 0.25) is 0 Å². The van der Waals surface area contributed by atoms with Gasteiger partial charge in [0.25, 0.3) is 0 Å². The molecule has 1 aliphatic heterocycles. The lowest BCUT2D eigenvalue weighted by Crippen LogP contribution is -2.32. The standard InChI is InChI=1S/C31H26O6/c1-33-18-35-24-10-8-20-16-28-29(17-22(20)15-24)37-30-26-12-11-25(36-19-34-2)14-21(26)9-13-27(30)31(28,32)23-6-4-3-5-7-23/h3-17,32H,18-19H2,1-2H3. The second-order valence-corrected chi connectivity index (χ2v) is 8.96. The normalized spacial score (nSPS) is 16.2. The minimum Gasteiger partial charge on any atom is -0.468 e. The van der Waals surface area contributed by atoms with E-state index in [1.165, 1.54) is 0 Å². The molecule has 1 unspecified atom stereocenters. The summed E-state index contributed by atoms with van der Waals surface area (Å²) in [5.41, 5.74) is 0.718. The van der Waals surface area contributed by atoms with E-state index in [1.54, 1.807) is 14.2 Å². The largest absolute Gasteiger partial charge is 0.468 e. The van der Waals surface area contributed by atoms with Gasteiger partial charge in [0.2, 0.25) is 0 Å². The fraction of sp³-hybridized carbons (Fsp3) is 0.161. The van der Waals surface area contributed by atoms with E-state index in [4.69, 9.17) is 23.7 Å². The van der Waals surface area contributed by atoms with Crippen LogP contribution in [0.15, 0.2) is 91.0 Å². The molecule has 1 heterocycles. The lowest BCUT2D eigenvalue weighted by atomic mass is 9.77. The van der Waals surface area contributed by atoms with Crippen molar-refractivity contribution in [2.75, 3.05) is 27.8 Å². The summed E-state index contributed by atoms with van der Waals surface area (Å²) in [6, 6.07) is 29.1. The molecule has 1 N–H and O–H groups in total. The van der Waals surface area contributed by atoms with Crippen molar-refractivity contribution in [1.82, 2.24) is 0 Å². The number of rotatable bonds is 7. The first-order valence-electron chi connectivity index (χ1n) is 12.0. The molecule has 0 fully saturated rings. The van der Waals surface area contributed by atoms with Gasteiger partial charge in [-0.15, -0.1) is 0 Å². The lowest BCUT2D eigenvalue weighted by Gasteiger charge is -2.37. The molecule has 6 rings (SSSR count). The Labute approximate surface area is 214 Å². The van der Waals surface area contributed by atoms with Crippen LogP contribution in [0.1, 0.15) is 16.7 Å². The molecule has 186 valence electrons. The molecule has 0 spiro atoms. The third kappa shape index (κ3) is 3.96.